The van der Waals surface area contributed by atoms with Crippen LogP contribution in [0, 0.1) is 5.92 Å². The van der Waals surface area contributed by atoms with E-state index < -0.39 is 12.5 Å². The third-order valence-corrected chi connectivity index (χ3v) is 4.97. The molecule has 168 valence electrons. The highest BCUT2D eigenvalue weighted by molar-refractivity contribution is 5.95. The van der Waals surface area contributed by atoms with Gasteiger partial charge in [-0.05, 0) is 30.3 Å². The van der Waals surface area contributed by atoms with Gasteiger partial charge in [-0.2, -0.15) is 5.10 Å². The van der Waals surface area contributed by atoms with Crippen LogP contribution >= 0.6 is 0 Å². The highest BCUT2D eigenvalue weighted by atomic mass is 19.4. The molecule has 1 saturated heterocycles. The highest BCUT2D eigenvalue weighted by Crippen LogP contribution is 2.28. The Morgan fingerprint density at radius 3 is 2.56 bits per heavy atom. The summed E-state index contributed by atoms with van der Waals surface area (Å²) in [5.74, 6) is -0.751. The molecule has 0 radical (unpaired) electrons. The standard InChI is InChI=1S/C21H19F3N4O4/c1-28-9-14(8-25-28)20-26-16(12-2-4-15(5-3-12)32-21(22,23)24)7-17(27-20)18(29)6-13-10-31-11-19(13)30/h2-5,7-9,13,19,30H,6,10-11H2,1H3/t13-,19+/m1/s1. The summed E-state index contributed by atoms with van der Waals surface area (Å²) in [4.78, 5) is 21.7. The lowest BCUT2D eigenvalue weighted by Crippen LogP contribution is -2.21. The summed E-state index contributed by atoms with van der Waals surface area (Å²) in [7, 11) is 1.72. The minimum absolute atomic E-state index is 0.0441. The van der Waals surface area contributed by atoms with E-state index in [1.54, 1.807) is 24.1 Å². The van der Waals surface area contributed by atoms with Crippen LogP contribution in [0.3, 0.4) is 0 Å². The van der Waals surface area contributed by atoms with E-state index in [1.165, 1.54) is 30.3 Å². The van der Waals surface area contributed by atoms with Crippen molar-refractivity contribution in [3.8, 4) is 28.4 Å². The molecule has 0 unspecified atom stereocenters. The Bertz CT molecular complexity index is 1110. The Morgan fingerprint density at radius 1 is 1.22 bits per heavy atom. The fourth-order valence-corrected chi connectivity index (χ4v) is 3.36. The smallest absolute Gasteiger partial charge is 0.406 e. The first-order valence-electron chi connectivity index (χ1n) is 9.71. The molecule has 4 rings (SSSR count). The molecule has 0 aliphatic carbocycles. The molecule has 2 aromatic heterocycles. The van der Waals surface area contributed by atoms with Crippen molar-refractivity contribution in [3.05, 3.63) is 48.4 Å². The molecule has 8 nitrogen and oxygen atoms in total. The molecule has 11 heteroatoms. The van der Waals surface area contributed by atoms with Gasteiger partial charge in [0.15, 0.2) is 11.6 Å². The van der Waals surface area contributed by atoms with Gasteiger partial charge >= 0.3 is 6.36 Å². The van der Waals surface area contributed by atoms with Crippen LogP contribution in [0.1, 0.15) is 16.9 Å². The Labute approximate surface area is 180 Å². The van der Waals surface area contributed by atoms with Crippen molar-refractivity contribution in [1.29, 1.82) is 0 Å². The maximum atomic E-state index is 12.9. The van der Waals surface area contributed by atoms with Gasteiger partial charge in [0, 0.05) is 31.1 Å². The molecule has 1 aliphatic heterocycles. The molecule has 0 amide bonds. The molecular formula is C21H19F3N4O4. The molecule has 1 N–H and O–H groups in total. The second kappa shape index (κ2) is 8.67. The van der Waals surface area contributed by atoms with Gasteiger partial charge in [-0.3, -0.25) is 9.48 Å². The molecule has 2 atom stereocenters. The zero-order valence-electron chi connectivity index (χ0n) is 16.9. The number of aromatic nitrogens is 4. The molecule has 3 aromatic rings. The topological polar surface area (TPSA) is 99.4 Å². The number of ketones is 1. The molecule has 0 saturated carbocycles. The number of hydrogen-bond acceptors (Lipinski definition) is 7. The fourth-order valence-electron chi connectivity index (χ4n) is 3.36. The maximum absolute atomic E-state index is 12.9. The summed E-state index contributed by atoms with van der Waals surface area (Å²) in [6, 6.07) is 6.65. The first kappa shape index (κ1) is 21.9. The zero-order valence-corrected chi connectivity index (χ0v) is 16.9. The summed E-state index contributed by atoms with van der Waals surface area (Å²) in [6.45, 7) is 0.460. The zero-order chi connectivity index (χ0) is 22.9. The van der Waals surface area contributed by atoms with Gasteiger partial charge in [-0.1, -0.05) is 0 Å². The largest absolute Gasteiger partial charge is 0.573 e. The summed E-state index contributed by atoms with van der Waals surface area (Å²) < 4.78 is 47.9. The molecule has 3 heterocycles. The first-order chi connectivity index (χ1) is 15.2. The number of ether oxygens (including phenoxy) is 2. The number of Topliss-reactive ketones (excluding diaryl/α,β-unsaturated/α-hetero) is 1. The molecule has 1 aliphatic rings. The van der Waals surface area contributed by atoms with E-state index in [-0.39, 0.29) is 48.6 Å². The van der Waals surface area contributed by atoms with E-state index in [0.29, 0.717) is 16.8 Å². The van der Waals surface area contributed by atoms with Crippen molar-refractivity contribution in [2.24, 2.45) is 13.0 Å². The van der Waals surface area contributed by atoms with Crippen molar-refractivity contribution in [2.75, 3.05) is 13.2 Å². The number of alkyl halides is 3. The van der Waals surface area contributed by atoms with E-state index in [0.717, 1.165) is 0 Å². The van der Waals surface area contributed by atoms with Crippen molar-refractivity contribution in [2.45, 2.75) is 18.9 Å². The van der Waals surface area contributed by atoms with Crippen molar-refractivity contribution < 1.29 is 32.5 Å². The Morgan fingerprint density at radius 2 is 1.97 bits per heavy atom. The molecule has 32 heavy (non-hydrogen) atoms. The minimum Gasteiger partial charge on any atom is -0.406 e. The van der Waals surface area contributed by atoms with E-state index in [1.807, 2.05) is 0 Å². The highest BCUT2D eigenvalue weighted by Gasteiger charge is 2.31. The number of aryl methyl sites for hydroxylation is 1. The Balaban J connectivity index is 1.68. The normalized spacial score (nSPS) is 18.7. The van der Waals surface area contributed by atoms with Crippen LogP contribution in [0.25, 0.3) is 22.6 Å². The molecule has 0 bridgehead atoms. The third-order valence-electron chi connectivity index (χ3n) is 4.97. The summed E-state index contributed by atoms with van der Waals surface area (Å²) in [6.07, 6.45) is -2.25. The number of halogens is 3. The number of nitrogens with zero attached hydrogens (tertiary/aromatic N) is 4. The van der Waals surface area contributed by atoms with Gasteiger partial charge in [-0.15, -0.1) is 13.2 Å². The second-order valence-corrected chi connectivity index (χ2v) is 7.43. The van der Waals surface area contributed by atoms with Gasteiger partial charge in [0.1, 0.15) is 11.4 Å². The summed E-state index contributed by atoms with van der Waals surface area (Å²) in [5.41, 5.74) is 1.53. The minimum atomic E-state index is -4.79. The quantitative estimate of drug-likeness (QED) is 0.579. The number of carbonyl (C=O) groups excluding carboxylic acids is 1. The van der Waals surface area contributed by atoms with Crippen LogP contribution < -0.4 is 4.74 Å². The van der Waals surface area contributed by atoms with Crippen molar-refractivity contribution in [3.63, 3.8) is 0 Å². The van der Waals surface area contributed by atoms with Crippen molar-refractivity contribution in [1.82, 2.24) is 19.7 Å². The number of hydrogen-bond donors (Lipinski definition) is 1. The first-order valence-corrected chi connectivity index (χ1v) is 9.71. The Hall–Kier alpha value is -3.31. The lowest BCUT2D eigenvalue weighted by atomic mass is 9.97. The third kappa shape index (κ3) is 5.11. The van der Waals surface area contributed by atoms with Gasteiger partial charge in [0.05, 0.1) is 36.8 Å². The lowest BCUT2D eigenvalue weighted by molar-refractivity contribution is -0.274. The predicted octanol–water partition coefficient (Wildman–Crippen LogP) is 3.02. The number of aliphatic hydroxyl groups is 1. The second-order valence-electron chi connectivity index (χ2n) is 7.43. The number of aliphatic hydroxyl groups excluding tert-OH is 1. The monoisotopic (exact) mass is 448 g/mol. The van der Waals surface area contributed by atoms with Gasteiger partial charge in [0.25, 0.3) is 0 Å². The SMILES string of the molecule is Cn1cc(-c2nc(C(=O)C[C@@H]3COC[C@@H]3O)cc(-c3ccc(OC(F)(F)F)cc3)n2)cn1. The van der Waals surface area contributed by atoms with E-state index in [4.69, 9.17) is 4.74 Å². The molecule has 1 fully saturated rings. The van der Waals surface area contributed by atoms with E-state index in [9.17, 15) is 23.1 Å². The van der Waals surface area contributed by atoms with Gasteiger partial charge < -0.3 is 14.6 Å². The van der Waals surface area contributed by atoms with E-state index >= 15 is 0 Å². The molecular weight excluding hydrogens is 429 g/mol. The summed E-state index contributed by atoms with van der Waals surface area (Å²) in [5, 5.41) is 14.0. The van der Waals surface area contributed by atoms with Crippen LogP contribution in [-0.4, -0.2) is 56.3 Å². The van der Waals surface area contributed by atoms with Gasteiger partial charge in [-0.25, -0.2) is 9.97 Å². The summed E-state index contributed by atoms with van der Waals surface area (Å²) >= 11 is 0. The van der Waals surface area contributed by atoms with Gasteiger partial charge in [0.2, 0.25) is 0 Å². The molecule has 0 spiro atoms. The van der Waals surface area contributed by atoms with Crippen LogP contribution in [0.15, 0.2) is 42.7 Å². The van der Waals surface area contributed by atoms with Crippen LogP contribution in [0.5, 0.6) is 5.75 Å². The maximum Gasteiger partial charge on any atom is 0.573 e. The average Bonchev–Trinajstić information content (AvgIpc) is 3.35. The average molecular weight is 448 g/mol. The molecule has 1 aromatic carbocycles. The van der Waals surface area contributed by atoms with E-state index in [2.05, 4.69) is 19.8 Å². The number of benzene rings is 1. The fraction of sp³-hybridized carbons (Fsp3) is 0.333. The van der Waals surface area contributed by atoms with Crippen LogP contribution in [-0.2, 0) is 11.8 Å². The Kier molecular flexibility index (Phi) is 5.94. The lowest BCUT2D eigenvalue weighted by Gasteiger charge is -2.12. The number of carbonyl (C=O) groups is 1. The van der Waals surface area contributed by atoms with Crippen LogP contribution in [0.2, 0.25) is 0 Å². The van der Waals surface area contributed by atoms with Crippen molar-refractivity contribution >= 4 is 5.78 Å². The predicted molar refractivity (Wildman–Crippen MR) is 106 cm³/mol. The number of rotatable bonds is 6. The van der Waals surface area contributed by atoms with Crippen LogP contribution in [0.4, 0.5) is 13.2 Å².